The molecule has 6 nitrogen and oxygen atoms in total. The van der Waals surface area contributed by atoms with E-state index >= 15 is 0 Å². The van der Waals surface area contributed by atoms with E-state index in [2.05, 4.69) is 10.6 Å². The molecule has 0 bridgehead atoms. The number of rotatable bonds is 6. The number of Topliss-reactive ketones (excluding diaryl/α,β-unsaturated/α-hetero) is 1. The topological polar surface area (TPSA) is 101 Å². The Hall–Kier alpha value is -1.43. The van der Waals surface area contributed by atoms with Gasteiger partial charge in [-0.2, -0.15) is 0 Å². The highest BCUT2D eigenvalue weighted by atomic mass is 16.2. The Bertz CT molecular complexity index is 393. The minimum atomic E-state index is -0.974. The van der Waals surface area contributed by atoms with E-state index in [-0.39, 0.29) is 17.9 Å². The van der Waals surface area contributed by atoms with E-state index in [1.54, 1.807) is 0 Å². The largest absolute Gasteiger partial charge is 0.363 e. The molecule has 1 saturated heterocycles. The molecule has 1 heterocycles. The molecule has 19 heavy (non-hydrogen) atoms. The molecule has 106 valence electrons. The van der Waals surface area contributed by atoms with E-state index in [0.29, 0.717) is 12.3 Å². The summed E-state index contributed by atoms with van der Waals surface area (Å²) in [5.74, 6) is -1.19. The van der Waals surface area contributed by atoms with Gasteiger partial charge in [0.25, 0.3) is 5.91 Å². The second-order valence-electron chi connectivity index (χ2n) is 5.67. The summed E-state index contributed by atoms with van der Waals surface area (Å²) in [6, 6.07) is -1.03. The third-order valence-corrected chi connectivity index (χ3v) is 3.96. The van der Waals surface area contributed by atoms with Gasteiger partial charge in [0.15, 0.2) is 0 Å². The summed E-state index contributed by atoms with van der Waals surface area (Å²) in [5, 5.41) is 5.80. The van der Waals surface area contributed by atoms with Crippen LogP contribution >= 0.6 is 0 Å². The Morgan fingerprint density at radius 1 is 1.32 bits per heavy atom. The van der Waals surface area contributed by atoms with Crippen molar-refractivity contribution in [2.24, 2.45) is 17.6 Å². The van der Waals surface area contributed by atoms with Crippen LogP contribution in [-0.4, -0.2) is 36.2 Å². The predicted octanol–water partition coefficient (Wildman–Crippen LogP) is -0.676. The smallest absolute Gasteiger partial charge is 0.287 e. The summed E-state index contributed by atoms with van der Waals surface area (Å²) in [7, 11) is 0. The van der Waals surface area contributed by atoms with Crippen LogP contribution in [-0.2, 0) is 14.4 Å². The van der Waals surface area contributed by atoms with Crippen molar-refractivity contribution in [1.29, 1.82) is 0 Å². The Kier molecular flexibility index (Phi) is 4.19. The van der Waals surface area contributed by atoms with Crippen LogP contribution in [0.5, 0.6) is 0 Å². The highest BCUT2D eigenvalue weighted by Crippen LogP contribution is 2.33. The summed E-state index contributed by atoms with van der Waals surface area (Å²) in [4.78, 5) is 34.9. The number of primary amides is 1. The van der Waals surface area contributed by atoms with Gasteiger partial charge in [-0.05, 0) is 31.2 Å². The first-order valence-corrected chi connectivity index (χ1v) is 6.86. The Morgan fingerprint density at radius 3 is 2.47 bits per heavy atom. The fourth-order valence-corrected chi connectivity index (χ4v) is 2.54. The fraction of sp³-hybridized carbons (Fsp3) is 0.769. The van der Waals surface area contributed by atoms with Gasteiger partial charge in [-0.25, -0.2) is 0 Å². The zero-order chi connectivity index (χ0) is 14.0. The third kappa shape index (κ3) is 3.53. The van der Waals surface area contributed by atoms with Crippen LogP contribution in [0.15, 0.2) is 0 Å². The molecule has 0 radical (unpaired) electrons. The number of carbonyl (C=O) groups excluding carboxylic acids is 3. The first-order valence-electron chi connectivity index (χ1n) is 6.86. The zero-order valence-corrected chi connectivity index (χ0v) is 11.1. The predicted molar refractivity (Wildman–Crippen MR) is 69.0 cm³/mol. The Morgan fingerprint density at radius 2 is 2.00 bits per heavy atom. The molecule has 1 aliphatic heterocycles. The average molecular weight is 267 g/mol. The molecule has 0 aromatic rings. The van der Waals surface area contributed by atoms with Crippen LogP contribution in [0, 0.1) is 11.8 Å². The van der Waals surface area contributed by atoms with Gasteiger partial charge in [-0.1, -0.05) is 19.8 Å². The molecule has 3 atom stereocenters. The van der Waals surface area contributed by atoms with Gasteiger partial charge in [0.1, 0.15) is 0 Å². The lowest BCUT2D eigenvalue weighted by Gasteiger charge is -2.20. The maximum atomic E-state index is 12.1. The van der Waals surface area contributed by atoms with Crippen LogP contribution in [0.1, 0.15) is 32.6 Å². The highest BCUT2D eigenvalue weighted by molar-refractivity contribution is 6.37. The minimum absolute atomic E-state index is 0.203. The molecular formula is C13H21N3O3. The van der Waals surface area contributed by atoms with Crippen LogP contribution in [0.4, 0.5) is 0 Å². The zero-order valence-electron chi connectivity index (χ0n) is 11.1. The van der Waals surface area contributed by atoms with Crippen LogP contribution < -0.4 is 16.4 Å². The van der Waals surface area contributed by atoms with E-state index in [1.165, 1.54) is 0 Å². The average Bonchev–Trinajstić information content (AvgIpc) is 3.07. The lowest BCUT2D eigenvalue weighted by atomic mass is 10.0. The molecule has 2 rings (SSSR count). The van der Waals surface area contributed by atoms with Gasteiger partial charge < -0.3 is 16.4 Å². The number of nitrogens with one attached hydrogen (secondary N) is 2. The van der Waals surface area contributed by atoms with Crippen molar-refractivity contribution in [2.45, 2.75) is 44.7 Å². The summed E-state index contributed by atoms with van der Waals surface area (Å²) < 4.78 is 0. The summed E-state index contributed by atoms with van der Waals surface area (Å²) >= 11 is 0. The molecule has 0 aromatic heterocycles. The normalized spacial score (nSPS) is 27.8. The maximum absolute atomic E-state index is 12.1. The van der Waals surface area contributed by atoms with Gasteiger partial charge in [0, 0.05) is 0 Å². The standard InChI is InChI=1S/C13H21N3O3/c1-7-4-5-15-10(7)13(19)16-9(6-8-2-3-8)11(17)12(14)18/h7-10,15H,2-6H2,1H3,(H2,14,18)(H,16,19)/t7?,9?,10-/m0/s1. The van der Waals surface area contributed by atoms with Crippen LogP contribution in [0.25, 0.3) is 0 Å². The highest BCUT2D eigenvalue weighted by Gasteiger charge is 2.36. The molecule has 1 aliphatic carbocycles. The van der Waals surface area contributed by atoms with Gasteiger partial charge in [0.2, 0.25) is 11.7 Å². The molecule has 0 aromatic carbocycles. The third-order valence-electron chi connectivity index (χ3n) is 3.96. The number of nitrogens with two attached hydrogens (primary N) is 1. The first-order chi connectivity index (χ1) is 8.99. The molecule has 4 N–H and O–H groups in total. The summed E-state index contributed by atoms with van der Waals surface area (Å²) in [6.07, 6.45) is 3.57. The summed E-state index contributed by atoms with van der Waals surface area (Å²) in [6.45, 7) is 2.80. The van der Waals surface area contributed by atoms with Gasteiger partial charge in [-0.15, -0.1) is 0 Å². The molecule has 2 fully saturated rings. The number of ketones is 1. The molecular weight excluding hydrogens is 246 g/mol. The fourth-order valence-electron chi connectivity index (χ4n) is 2.54. The second-order valence-corrected chi connectivity index (χ2v) is 5.67. The number of carbonyl (C=O) groups is 3. The lowest BCUT2D eigenvalue weighted by molar-refractivity contribution is -0.138. The molecule has 0 spiro atoms. The van der Waals surface area contributed by atoms with Gasteiger partial charge >= 0.3 is 0 Å². The van der Waals surface area contributed by atoms with Crippen molar-refractivity contribution in [3.8, 4) is 0 Å². The Labute approximate surface area is 112 Å². The van der Waals surface area contributed by atoms with Crippen molar-refractivity contribution in [2.75, 3.05) is 6.54 Å². The van der Waals surface area contributed by atoms with Crippen molar-refractivity contribution < 1.29 is 14.4 Å². The Balaban J connectivity index is 1.96. The van der Waals surface area contributed by atoms with Crippen molar-refractivity contribution >= 4 is 17.6 Å². The van der Waals surface area contributed by atoms with Crippen molar-refractivity contribution in [3.05, 3.63) is 0 Å². The minimum Gasteiger partial charge on any atom is -0.363 e. The monoisotopic (exact) mass is 267 g/mol. The van der Waals surface area contributed by atoms with E-state index in [9.17, 15) is 14.4 Å². The van der Waals surface area contributed by atoms with Crippen LogP contribution in [0.3, 0.4) is 0 Å². The van der Waals surface area contributed by atoms with Crippen molar-refractivity contribution in [3.63, 3.8) is 0 Å². The van der Waals surface area contributed by atoms with E-state index in [0.717, 1.165) is 25.8 Å². The lowest BCUT2D eigenvalue weighted by Crippen LogP contribution is -2.52. The molecule has 2 unspecified atom stereocenters. The van der Waals surface area contributed by atoms with E-state index < -0.39 is 17.7 Å². The number of amides is 2. The number of hydrogen-bond donors (Lipinski definition) is 3. The van der Waals surface area contributed by atoms with E-state index in [1.807, 2.05) is 6.92 Å². The molecule has 2 aliphatic rings. The second kappa shape index (κ2) is 5.69. The van der Waals surface area contributed by atoms with Gasteiger partial charge in [0.05, 0.1) is 12.1 Å². The van der Waals surface area contributed by atoms with Crippen molar-refractivity contribution in [1.82, 2.24) is 10.6 Å². The SMILES string of the molecule is CC1CCN[C@@H]1C(=O)NC(CC1CC1)C(=O)C(N)=O. The molecule has 2 amide bonds. The maximum Gasteiger partial charge on any atom is 0.287 e. The molecule has 1 saturated carbocycles. The van der Waals surface area contributed by atoms with Gasteiger partial charge in [-0.3, -0.25) is 14.4 Å². The summed E-state index contributed by atoms with van der Waals surface area (Å²) in [5.41, 5.74) is 5.03. The quantitative estimate of drug-likeness (QED) is 0.555. The first kappa shape index (κ1) is 14.0. The van der Waals surface area contributed by atoms with E-state index in [4.69, 9.17) is 5.73 Å². The molecule has 6 heteroatoms. The number of hydrogen-bond acceptors (Lipinski definition) is 4. The van der Waals surface area contributed by atoms with Crippen LogP contribution in [0.2, 0.25) is 0 Å².